The number of thioether (sulfide) groups is 2. The average Bonchev–Trinajstić information content (AvgIpc) is 2.92. The summed E-state index contributed by atoms with van der Waals surface area (Å²) in [6, 6.07) is 0. The molecule has 2 aliphatic rings. The van der Waals surface area contributed by atoms with Crippen molar-refractivity contribution in [1.82, 2.24) is 4.90 Å². The van der Waals surface area contributed by atoms with E-state index in [4.69, 9.17) is 0 Å². The zero-order chi connectivity index (χ0) is 28.4. The molecule has 0 unspecified atom stereocenters. The molecule has 1 aliphatic heterocycles. The minimum Gasteiger partial charge on any atom is -0.286 e. The van der Waals surface area contributed by atoms with Gasteiger partial charge in [0.15, 0.2) is 0 Å². The van der Waals surface area contributed by atoms with Crippen LogP contribution in [0, 0.1) is 28.6 Å². The number of hydrogen-bond donors (Lipinski definition) is 0. The third-order valence-electron chi connectivity index (χ3n) is 7.02. The molecule has 1 saturated heterocycles. The summed E-state index contributed by atoms with van der Waals surface area (Å²) in [7, 11) is 0. The maximum Gasteiger partial charge on any atom is 0.234 e. The smallest absolute Gasteiger partial charge is 0.234 e. The lowest BCUT2D eigenvalue weighted by Crippen LogP contribution is -2.40. The molecular weight excluding hydrogens is 502 g/mol. The highest BCUT2D eigenvalue weighted by atomic mass is 32.2. The number of carbonyl (C=O) groups excluding carboxylic acids is 4. The molecule has 2 fully saturated rings. The molecule has 5 nitrogen and oxygen atoms in total. The van der Waals surface area contributed by atoms with Crippen molar-refractivity contribution in [3.63, 3.8) is 0 Å². The van der Waals surface area contributed by atoms with Crippen molar-refractivity contribution in [2.24, 2.45) is 28.6 Å². The SMILES string of the molecule is CC(C)(C)CC(C)(C)SC(=O)C(C(=O)SC(C)(C)CC(C)(C)C)[C@@H]1CC(=O)N(CC2CCCCC2)C1=O. The van der Waals surface area contributed by atoms with Crippen molar-refractivity contribution in [2.45, 2.75) is 130 Å². The van der Waals surface area contributed by atoms with Gasteiger partial charge in [-0.3, -0.25) is 24.1 Å². The normalized spacial score (nSPS) is 20.7. The van der Waals surface area contributed by atoms with Crippen LogP contribution in [0.3, 0.4) is 0 Å². The lowest BCUT2D eigenvalue weighted by atomic mass is 9.86. The van der Waals surface area contributed by atoms with E-state index in [0.29, 0.717) is 12.5 Å². The van der Waals surface area contributed by atoms with Crippen LogP contribution in [0.4, 0.5) is 0 Å². The lowest BCUT2D eigenvalue weighted by Gasteiger charge is -2.34. The molecule has 1 heterocycles. The molecule has 0 spiro atoms. The van der Waals surface area contributed by atoms with Crippen molar-refractivity contribution in [3.05, 3.63) is 0 Å². The van der Waals surface area contributed by atoms with Crippen LogP contribution in [0.1, 0.15) is 121 Å². The van der Waals surface area contributed by atoms with Gasteiger partial charge in [0.1, 0.15) is 5.92 Å². The molecule has 0 radical (unpaired) electrons. The fourth-order valence-corrected chi connectivity index (χ4v) is 9.48. The predicted molar refractivity (Wildman–Crippen MR) is 156 cm³/mol. The predicted octanol–water partition coefficient (Wildman–Crippen LogP) is 7.51. The Labute approximate surface area is 234 Å². The van der Waals surface area contributed by atoms with Crippen LogP contribution >= 0.6 is 23.5 Å². The summed E-state index contributed by atoms with van der Waals surface area (Å²) in [4.78, 5) is 55.7. The van der Waals surface area contributed by atoms with Gasteiger partial charge in [-0.15, -0.1) is 0 Å². The Bertz CT molecular complexity index is 818. The van der Waals surface area contributed by atoms with Crippen LogP contribution in [-0.4, -0.2) is 43.0 Å². The molecule has 7 heteroatoms. The highest BCUT2D eigenvalue weighted by molar-refractivity contribution is 8.16. The molecule has 1 saturated carbocycles. The summed E-state index contributed by atoms with van der Waals surface area (Å²) in [6.45, 7) is 21.3. The van der Waals surface area contributed by atoms with Crippen molar-refractivity contribution >= 4 is 45.6 Å². The highest BCUT2D eigenvalue weighted by Crippen LogP contribution is 2.45. The van der Waals surface area contributed by atoms with Crippen LogP contribution in [0.15, 0.2) is 0 Å². The molecule has 212 valence electrons. The van der Waals surface area contributed by atoms with Gasteiger partial charge in [0.25, 0.3) is 0 Å². The van der Waals surface area contributed by atoms with E-state index in [9.17, 15) is 19.2 Å². The van der Waals surface area contributed by atoms with Gasteiger partial charge >= 0.3 is 0 Å². The number of carbonyl (C=O) groups is 4. The topological polar surface area (TPSA) is 71.5 Å². The van der Waals surface area contributed by atoms with Crippen LogP contribution < -0.4 is 0 Å². The summed E-state index contributed by atoms with van der Waals surface area (Å²) in [5.74, 6) is -2.24. The molecule has 0 bridgehead atoms. The molecule has 0 aromatic rings. The Kier molecular flexibility index (Phi) is 10.6. The first-order valence-electron chi connectivity index (χ1n) is 14.0. The minimum absolute atomic E-state index is 0.00960. The van der Waals surface area contributed by atoms with Gasteiger partial charge in [0, 0.05) is 22.5 Å². The summed E-state index contributed by atoms with van der Waals surface area (Å²) in [5.41, 5.74) is 0.0192. The molecule has 1 atom stereocenters. The van der Waals surface area contributed by atoms with Crippen LogP contribution in [0.25, 0.3) is 0 Å². The number of hydrogen-bond acceptors (Lipinski definition) is 6. The van der Waals surface area contributed by atoms with Gasteiger partial charge in [-0.05, 0) is 42.4 Å². The van der Waals surface area contributed by atoms with E-state index in [0.717, 1.165) is 38.5 Å². The molecule has 0 aromatic heterocycles. The summed E-state index contributed by atoms with van der Waals surface area (Å²) < 4.78 is -0.792. The Morgan fingerprint density at radius 1 is 0.784 bits per heavy atom. The second-order valence-corrected chi connectivity index (χ2v) is 18.4. The van der Waals surface area contributed by atoms with Gasteiger partial charge in [-0.1, -0.05) is 112 Å². The molecule has 1 aliphatic carbocycles. The van der Waals surface area contributed by atoms with E-state index < -0.39 is 21.3 Å². The van der Waals surface area contributed by atoms with Crippen molar-refractivity contribution in [2.75, 3.05) is 6.54 Å². The zero-order valence-electron chi connectivity index (χ0n) is 25.0. The van der Waals surface area contributed by atoms with Crippen LogP contribution in [-0.2, 0) is 19.2 Å². The van der Waals surface area contributed by atoms with Crippen molar-refractivity contribution in [1.29, 1.82) is 0 Å². The van der Waals surface area contributed by atoms with Crippen LogP contribution in [0.5, 0.6) is 0 Å². The van der Waals surface area contributed by atoms with Crippen LogP contribution in [0.2, 0.25) is 0 Å². The first-order chi connectivity index (χ1) is 16.7. The van der Waals surface area contributed by atoms with E-state index in [1.165, 1.54) is 34.8 Å². The molecule has 37 heavy (non-hydrogen) atoms. The first kappa shape index (κ1) is 32.4. The number of amides is 2. The van der Waals surface area contributed by atoms with Gasteiger partial charge in [0.2, 0.25) is 22.0 Å². The zero-order valence-corrected chi connectivity index (χ0v) is 26.6. The Balaban J connectivity index is 2.32. The van der Waals surface area contributed by atoms with E-state index in [1.54, 1.807) is 0 Å². The number of nitrogens with zero attached hydrogens (tertiary/aromatic N) is 1. The number of rotatable bonds is 9. The molecular formula is C30H51NO4S2. The van der Waals surface area contributed by atoms with Crippen molar-refractivity contribution < 1.29 is 19.2 Å². The first-order valence-corrected chi connectivity index (χ1v) is 15.6. The van der Waals surface area contributed by atoms with E-state index in [1.807, 2.05) is 27.7 Å². The molecule has 0 aromatic carbocycles. The highest BCUT2D eigenvalue weighted by Gasteiger charge is 2.50. The third-order valence-corrected chi connectivity index (χ3v) is 9.32. The van der Waals surface area contributed by atoms with Crippen molar-refractivity contribution in [3.8, 4) is 0 Å². The molecule has 2 rings (SSSR count). The lowest BCUT2D eigenvalue weighted by molar-refractivity contribution is -0.142. The number of imide groups is 1. The van der Waals surface area contributed by atoms with E-state index in [2.05, 4.69) is 41.5 Å². The summed E-state index contributed by atoms with van der Waals surface area (Å²) in [6.07, 6.45) is 7.03. The Morgan fingerprint density at radius 3 is 1.62 bits per heavy atom. The fourth-order valence-electron chi connectivity index (χ4n) is 6.51. The Hall–Kier alpha value is -0.820. The number of likely N-dealkylation sites (tertiary alicyclic amines) is 1. The largest absolute Gasteiger partial charge is 0.286 e. The van der Waals surface area contributed by atoms with E-state index in [-0.39, 0.29) is 39.3 Å². The Morgan fingerprint density at radius 2 is 1.22 bits per heavy atom. The van der Waals surface area contributed by atoms with E-state index >= 15 is 0 Å². The molecule has 0 N–H and O–H groups in total. The van der Waals surface area contributed by atoms with Gasteiger partial charge in [-0.2, -0.15) is 0 Å². The minimum atomic E-state index is -1.11. The second kappa shape index (κ2) is 12.1. The maximum atomic E-state index is 13.8. The fraction of sp³-hybridized carbons (Fsp3) is 0.867. The molecule has 2 amide bonds. The van der Waals surface area contributed by atoms with Gasteiger partial charge in [-0.25, -0.2) is 0 Å². The van der Waals surface area contributed by atoms with Gasteiger partial charge in [0.05, 0.1) is 5.92 Å². The summed E-state index contributed by atoms with van der Waals surface area (Å²) in [5, 5.41) is -0.548. The monoisotopic (exact) mass is 553 g/mol. The summed E-state index contributed by atoms with van der Waals surface area (Å²) >= 11 is 2.35. The van der Waals surface area contributed by atoms with Gasteiger partial charge < -0.3 is 0 Å². The average molecular weight is 554 g/mol. The standard InChI is InChI=1S/C30H51NO4S2/c1-27(2,3)18-29(7,8)36-25(34)23(26(35)37-30(9,10)19-28(4,5)6)21-16-22(32)31(24(21)33)17-20-14-12-11-13-15-20/h20-21,23H,11-19H2,1-10H3/t21-/m0/s1. The maximum absolute atomic E-state index is 13.8. The third kappa shape index (κ3) is 10.3. The second-order valence-electron chi connectivity index (χ2n) is 15.0. The quantitative estimate of drug-likeness (QED) is 0.217.